The summed E-state index contributed by atoms with van der Waals surface area (Å²) in [6.45, 7) is 1.96. The summed E-state index contributed by atoms with van der Waals surface area (Å²) < 4.78 is 0.936. The van der Waals surface area contributed by atoms with Gasteiger partial charge in [-0.05, 0) is 12.8 Å². The second kappa shape index (κ2) is 2.58. The Morgan fingerprint density at radius 3 is 2.58 bits per heavy atom. The summed E-state index contributed by atoms with van der Waals surface area (Å²) in [7, 11) is 0. The van der Waals surface area contributed by atoms with E-state index in [1.807, 2.05) is 0 Å². The Hall–Kier alpha value is -1.39. The van der Waals surface area contributed by atoms with Crippen molar-refractivity contribution in [1.29, 1.82) is 0 Å². The molecule has 0 aliphatic carbocycles. The molecule has 1 aromatic rings. The van der Waals surface area contributed by atoms with Gasteiger partial charge < -0.3 is 15.8 Å². The lowest BCUT2D eigenvalue weighted by molar-refractivity contribution is 0.195. The predicted molar refractivity (Wildman–Crippen MR) is 45.3 cm³/mol. The Morgan fingerprint density at radius 1 is 1.42 bits per heavy atom. The highest BCUT2D eigenvalue weighted by Crippen LogP contribution is 2.20. The van der Waals surface area contributed by atoms with Gasteiger partial charge in [0.1, 0.15) is 0 Å². The van der Waals surface area contributed by atoms with Gasteiger partial charge in [-0.25, -0.2) is 4.98 Å². The fourth-order valence-electron chi connectivity index (χ4n) is 1.51. The van der Waals surface area contributed by atoms with Crippen LogP contribution in [0.4, 0.5) is 11.8 Å². The maximum Gasteiger partial charge on any atom is 0.236 e. The molecule has 0 bridgehead atoms. The summed E-state index contributed by atoms with van der Waals surface area (Å²) in [5, 5.41) is 9.39. The van der Waals surface area contributed by atoms with Crippen molar-refractivity contribution in [1.82, 2.24) is 9.71 Å². The molecule has 1 fully saturated rings. The van der Waals surface area contributed by atoms with E-state index in [-0.39, 0.29) is 5.95 Å². The van der Waals surface area contributed by atoms with Crippen LogP contribution in [0.1, 0.15) is 12.8 Å². The topological polar surface area (TPSA) is 67.3 Å². The molecule has 0 radical (unpaired) electrons. The maximum absolute atomic E-state index is 9.39. The van der Waals surface area contributed by atoms with Gasteiger partial charge in [0, 0.05) is 13.1 Å². The minimum Gasteiger partial charge on any atom is -0.423 e. The van der Waals surface area contributed by atoms with Crippen LogP contribution in [0.25, 0.3) is 0 Å². The molecular weight excluding hydrogens is 156 g/mol. The van der Waals surface area contributed by atoms with Crippen LogP contribution in [0, 0.1) is 0 Å². The van der Waals surface area contributed by atoms with E-state index in [0.717, 1.165) is 17.8 Å². The number of imidazole rings is 1. The number of nitrogens with two attached hydrogens (primary N) is 1. The molecule has 5 heteroatoms. The predicted octanol–water partition coefficient (Wildman–Crippen LogP) is 0.303. The van der Waals surface area contributed by atoms with Gasteiger partial charge in [-0.3, -0.25) is 0 Å². The van der Waals surface area contributed by atoms with E-state index in [1.54, 1.807) is 6.20 Å². The number of nitrogens with zero attached hydrogens (tertiary/aromatic N) is 3. The summed E-state index contributed by atoms with van der Waals surface area (Å²) in [5.74, 6) is 0.849. The van der Waals surface area contributed by atoms with Crippen molar-refractivity contribution >= 4 is 11.8 Å². The maximum atomic E-state index is 9.39. The van der Waals surface area contributed by atoms with Crippen LogP contribution in [0.2, 0.25) is 0 Å². The fraction of sp³-hybridized carbons (Fsp3) is 0.571. The molecule has 1 aliphatic rings. The second-order valence-electron chi connectivity index (χ2n) is 2.98. The van der Waals surface area contributed by atoms with Crippen molar-refractivity contribution in [2.24, 2.45) is 0 Å². The summed E-state index contributed by atoms with van der Waals surface area (Å²) >= 11 is 0. The highest BCUT2D eigenvalue weighted by Gasteiger charge is 2.17. The minimum atomic E-state index is 0.150. The number of nitrogen functional groups attached to an aromatic ring is 1. The first-order valence-electron chi connectivity index (χ1n) is 4.06. The molecular formula is C7H12N4O. The Morgan fingerprint density at radius 2 is 2.08 bits per heavy atom. The van der Waals surface area contributed by atoms with Gasteiger partial charge in [-0.1, -0.05) is 0 Å². The first-order valence-corrected chi connectivity index (χ1v) is 4.06. The lowest BCUT2D eigenvalue weighted by atomic mass is 10.4. The van der Waals surface area contributed by atoms with Gasteiger partial charge in [-0.15, -0.1) is 4.73 Å². The second-order valence-corrected chi connectivity index (χ2v) is 2.98. The van der Waals surface area contributed by atoms with Crippen molar-refractivity contribution in [2.45, 2.75) is 12.8 Å². The zero-order chi connectivity index (χ0) is 8.55. The molecule has 0 amide bonds. The third kappa shape index (κ3) is 0.975. The van der Waals surface area contributed by atoms with Gasteiger partial charge in [0.15, 0.2) is 5.82 Å². The van der Waals surface area contributed by atoms with Gasteiger partial charge in [-0.2, -0.15) is 0 Å². The van der Waals surface area contributed by atoms with Crippen LogP contribution in [-0.4, -0.2) is 28.0 Å². The average Bonchev–Trinajstić information content (AvgIpc) is 2.64. The zero-order valence-electron chi connectivity index (χ0n) is 6.77. The number of aromatic nitrogens is 2. The summed E-state index contributed by atoms with van der Waals surface area (Å²) in [6.07, 6.45) is 3.94. The molecule has 0 spiro atoms. The average molecular weight is 168 g/mol. The van der Waals surface area contributed by atoms with Gasteiger partial charge >= 0.3 is 0 Å². The molecule has 0 saturated carbocycles. The number of hydrogen-bond acceptors (Lipinski definition) is 4. The van der Waals surface area contributed by atoms with E-state index < -0.39 is 0 Å². The SMILES string of the molecule is Nc1ncc(N2CCCC2)n1O. The molecule has 1 aromatic heterocycles. The Bertz CT molecular complexity index is 277. The molecule has 1 aliphatic heterocycles. The lowest BCUT2D eigenvalue weighted by Gasteiger charge is -2.15. The smallest absolute Gasteiger partial charge is 0.236 e. The highest BCUT2D eigenvalue weighted by atomic mass is 16.5. The van der Waals surface area contributed by atoms with Crippen molar-refractivity contribution < 1.29 is 5.21 Å². The van der Waals surface area contributed by atoms with Gasteiger partial charge in [0.2, 0.25) is 5.95 Å². The Kier molecular flexibility index (Phi) is 1.56. The largest absolute Gasteiger partial charge is 0.423 e. The van der Waals surface area contributed by atoms with Crippen molar-refractivity contribution in [2.75, 3.05) is 23.7 Å². The third-order valence-corrected chi connectivity index (χ3v) is 2.18. The third-order valence-electron chi connectivity index (χ3n) is 2.18. The molecule has 12 heavy (non-hydrogen) atoms. The van der Waals surface area contributed by atoms with Crippen molar-refractivity contribution in [3.05, 3.63) is 6.20 Å². The van der Waals surface area contributed by atoms with E-state index in [1.165, 1.54) is 12.8 Å². The van der Waals surface area contributed by atoms with Crippen LogP contribution in [0.3, 0.4) is 0 Å². The van der Waals surface area contributed by atoms with E-state index in [4.69, 9.17) is 5.73 Å². The van der Waals surface area contributed by atoms with Crippen LogP contribution in [-0.2, 0) is 0 Å². The first-order chi connectivity index (χ1) is 5.79. The fourth-order valence-corrected chi connectivity index (χ4v) is 1.51. The molecule has 66 valence electrons. The number of hydrogen-bond donors (Lipinski definition) is 2. The van der Waals surface area contributed by atoms with E-state index in [9.17, 15) is 5.21 Å². The van der Waals surface area contributed by atoms with E-state index in [0.29, 0.717) is 5.82 Å². The molecule has 0 atom stereocenters. The van der Waals surface area contributed by atoms with Crippen molar-refractivity contribution in [3.63, 3.8) is 0 Å². The first kappa shape index (κ1) is 7.27. The summed E-state index contributed by atoms with van der Waals surface area (Å²) in [4.78, 5) is 5.88. The number of anilines is 2. The quantitative estimate of drug-likeness (QED) is 0.592. The minimum absolute atomic E-state index is 0.150. The molecule has 1 saturated heterocycles. The molecule has 2 rings (SSSR count). The van der Waals surface area contributed by atoms with Gasteiger partial charge in [0.25, 0.3) is 0 Å². The lowest BCUT2D eigenvalue weighted by Crippen LogP contribution is -2.20. The Labute approximate surface area is 70.4 Å². The number of rotatable bonds is 1. The van der Waals surface area contributed by atoms with Crippen LogP contribution in [0.15, 0.2) is 6.20 Å². The Balaban J connectivity index is 2.26. The molecule has 0 unspecified atom stereocenters. The normalized spacial score (nSPS) is 17.2. The zero-order valence-corrected chi connectivity index (χ0v) is 6.77. The molecule has 2 heterocycles. The van der Waals surface area contributed by atoms with Crippen LogP contribution < -0.4 is 10.6 Å². The molecule has 0 aromatic carbocycles. The summed E-state index contributed by atoms with van der Waals surface area (Å²) in [6, 6.07) is 0. The monoisotopic (exact) mass is 168 g/mol. The molecule has 5 nitrogen and oxygen atoms in total. The van der Waals surface area contributed by atoms with E-state index >= 15 is 0 Å². The van der Waals surface area contributed by atoms with Crippen LogP contribution >= 0.6 is 0 Å². The molecule has 3 N–H and O–H groups in total. The summed E-state index contributed by atoms with van der Waals surface area (Å²) in [5.41, 5.74) is 5.38. The van der Waals surface area contributed by atoms with E-state index in [2.05, 4.69) is 9.88 Å². The highest BCUT2D eigenvalue weighted by molar-refractivity contribution is 5.43. The van der Waals surface area contributed by atoms with Crippen molar-refractivity contribution in [3.8, 4) is 0 Å². The van der Waals surface area contributed by atoms with Gasteiger partial charge in [0.05, 0.1) is 6.20 Å². The van der Waals surface area contributed by atoms with Crippen LogP contribution in [0.5, 0.6) is 0 Å². The standard InChI is InChI=1S/C7H12N4O/c8-7-9-5-6(11(7)12)10-3-1-2-4-10/h5,12H,1-4H2,(H2,8,9).